The normalized spacial score (nSPS) is 15.4. The zero-order valence-electron chi connectivity index (χ0n) is 12.1. The number of benzene rings is 2. The third kappa shape index (κ3) is 3.78. The Hall–Kier alpha value is -1.60. The van der Waals surface area contributed by atoms with Crippen LogP contribution in [0.5, 0.6) is 5.75 Å². The molecule has 0 amide bonds. The highest BCUT2D eigenvalue weighted by atomic mass is 127. The molecule has 5 heteroatoms. The minimum atomic E-state index is 0.245. The summed E-state index contributed by atoms with van der Waals surface area (Å²) in [5.74, 6) is 0.245. The van der Waals surface area contributed by atoms with E-state index in [1.807, 2.05) is 24.3 Å². The molecule has 1 heterocycles. The fraction of sp³-hybridized carbons (Fsp3) is 0.235. The molecule has 1 aliphatic rings. The van der Waals surface area contributed by atoms with Gasteiger partial charge in [-0.15, -0.1) is 0 Å². The first-order chi connectivity index (χ1) is 10.7. The molecular formula is C17H17IN2O2. The maximum absolute atomic E-state index is 9.81. The van der Waals surface area contributed by atoms with Crippen LogP contribution in [-0.2, 0) is 4.74 Å². The molecule has 0 spiro atoms. The number of phenols is 1. The molecule has 0 bridgehead atoms. The topological polar surface area (TPSA) is 45.1 Å². The number of phenolic OH excluding ortho intramolecular Hbond substituents is 1. The highest BCUT2D eigenvalue weighted by molar-refractivity contribution is 14.1. The van der Waals surface area contributed by atoms with Gasteiger partial charge in [0, 0.05) is 34.1 Å². The summed E-state index contributed by atoms with van der Waals surface area (Å²) in [6.07, 6.45) is 1.70. The van der Waals surface area contributed by atoms with Crippen LogP contribution in [0.25, 0.3) is 0 Å². The number of halogens is 1. The van der Waals surface area contributed by atoms with E-state index < -0.39 is 0 Å². The van der Waals surface area contributed by atoms with E-state index >= 15 is 0 Å². The zero-order valence-corrected chi connectivity index (χ0v) is 14.2. The number of anilines is 1. The first-order valence-electron chi connectivity index (χ1n) is 7.18. The quantitative estimate of drug-likeness (QED) is 0.624. The molecule has 0 aromatic heterocycles. The van der Waals surface area contributed by atoms with Crippen molar-refractivity contribution in [2.45, 2.75) is 0 Å². The average molecular weight is 408 g/mol. The van der Waals surface area contributed by atoms with Gasteiger partial charge in [0.2, 0.25) is 0 Å². The first kappa shape index (κ1) is 15.3. The molecule has 0 aliphatic carbocycles. The van der Waals surface area contributed by atoms with Gasteiger partial charge in [-0.1, -0.05) is 0 Å². The Labute approximate surface area is 143 Å². The molecule has 2 aromatic carbocycles. The first-order valence-corrected chi connectivity index (χ1v) is 8.25. The van der Waals surface area contributed by atoms with Crippen LogP contribution in [0, 0.1) is 3.57 Å². The Morgan fingerprint density at radius 1 is 1.09 bits per heavy atom. The van der Waals surface area contributed by atoms with Gasteiger partial charge in [0.15, 0.2) is 0 Å². The standard InChI is InChI=1S/C17H17IN2O2/c18-14-1-6-17(21)13(11-14)12-19-15-2-4-16(5-3-15)20-7-9-22-10-8-20/h1-6,11-12,21H,7-10H2. The second kappa shape index (κ2) is 7.11. The molecule has 22 heavy (non-hydrogen) atoms. The number of morpholine rings is 1. The van der Waals surface area contributed by atoms with Crippen LogP contribution in [0.1, 0.15) is 5.56 Å². The molecule has 1 aliphatic heterocycles. The number of hydrogen-bond acceptors (Lipinski definition) is 4. The second-order valence-corrected chi connectivity index (χ2v) is 6.32. The van der Waals surface area contributed by atoms with E-state index in [1.54, 1.807) is 12.3 Å². The Morgan fingerprint density at radius 3 is 2.55 bits per heavy atom. The van der Waals surface area contributed by atoms with Crippen LogP contribution >= 0.6 is 22.6 Å². The lowest BCUT2D eigenvalue weighted by Gasteiger charge is -2.28. The molecule has 1 fully saturated rings. The summed E-state index contributed by atoms with van der Waals surface area (Å²) < 4.78 is 6.43. The Kier molecular flexibility index (Phi) is 4.94. The summed E-state index contributed by atoms with van der Waals surface area (Å²) in [7, 11) is 0. The molecule has 0 unspecified atom stereocenters. The van der Waals surface area contributed by atoms with Crippen molar-refractivity contribution in [3.8, 4) is 5.75 Å². The average Bonchev–Trinajstić information content (AvgIpc) is 2.57. The van der Waals surface area contributed by atoms with E-state index in [4.69, 9.17) is 4.74 Å². The number of rotatable bonds is 3. The van der Waals surface area contributed by atoms with Crippen molar-refractivity contribution in [1.82, 2.24) is 0 Å². The summed E-state index contributed by atoms with van der Waals surface area (Å²) >= 11 is 2.22. The van der Waals surface area contributed by atoms with Crippen LogP contribution in [0.4, 0.5) is 11.4 Å². The largest absolute Gasteiger partial charge is 0.507 e. The SMILES string of the molecule is Oc1ccc(I)cc1C=Nc1ccc(N2CCOCC2)cc1. The van der Waals surface area contributed by atoms with Crippen molar-refractivity contribution in [1.29, 1.82) is 0 Å². The number of nitrogens with zero attached hydrogens (tertiary/aromatic N) is 2. The van der Waals surface area contributed by atoms with Gasteiger partial charge in [-0.25, -0.2) is 0 Å². The minimum Gasteiger partial charge on any atom is -0.507 e. The number of aliphatic imine (C=N–C) groups is 1. The lowest BCUT2D eigenvalue weighted by Crippen LogP contribution is -2.36. The fourth-order valence-electron chi connectivity index (χ4n) is 2.34. The van der Waals surface area contributed by atoms with Crippen molar-refractivity contribution in [2.75, 3.05) is 31.2 Å². The summed E-state index contributed by atoms with van der Waals surface area (Å²) in [4.78, 5) is 6.74. The van der Waals surface area contributed by atoms with Crippen LogP contribution in [0.2, 0.25) is 0 Å². The molecule has 4 nitrogen and oxygen atoms in total. The van der Waals surface area contributed by atoms with E-state index in [2.05, 4.69) is 44.6 Å². The van der Waals surface area contributed by atoms with Gasteiger partial charge in [0.25, 0.3) is 0 Å². The molecule has 1 N–H and O–H groups in total. The summed E-state index contributed by atoms with van der Waals surface area (Å²) in [6.45, 7) is 3.43. The maximum Gasteiger partial charge on any atom is 0.124 e. The third-order valence-corrected chi connectivity index (χ3v) is 4.24. The van der Waals surface area contributed by atoms with E-state index in [1.165, 1.54) is 5.69 Å². The fourth-order valence-corrected chi connectivity index (χ4v) is 2.86. The molecule has 114 valence electrons. The summed E-state index contributed by atoms with van der Waals surface area (Å²) in [5, 5.41) is 9.81. The van der Waals surface area contributed by atoms with Crippen molar-refractivity contribution in [3.63, 3.8) is 0 Å². The molecule has 0 radical (unpaired) electrons. The van der Waals surface area contributed by atoms with E-state index in [-0.39, 0.29) is 5.75 Å². The molecule has 0 atom stereocenters. The van der Waals surface area contributed by atoms with Crippen molar-refractivity contribution < 1.29 is 9.84 Å². The van der Waals surface area contributed by atoms with Crippen LogP contribution in [0.3, 0.4) is 0 Å². The lowest BCUT2D eigenvalue weighted by molar-refractivity contribution is 0.122. The summed E-state index contributed by atoms with van der Waals surface area (Å²) in [6, 6.07) is 13.6. The highest BCUT2D eigenvalue weighted by Crippen LogP contribution is 2.22. The third-order valence-electron chi connectivity index (χ3n) is 3.57. The van der Waals surface area contributed by atoms with Crippen LogP contribution in [0.15, 0.2) is 47.5 Å². The minimum absolute atomic E-state index is 0.245. The predicted octanol–water partition coefficient (Wildman–Crippen LogP) is 3.58. The molecule has 3 rings (SSSR count). The Bertz CT molecular complexity index is 665. The van der Waals surface area contributed by atoms with Crippen molar-refractivity contribution in [2.24, 2.45) is 4.99 Å². The van der Waals surface area contributed by atoms with Crippen LogP contribution in [-0.4, -0.2) is 37.6 Å². The predicted molar refractivity (Wildman–Crippen MR) is 97.6 cm³/mol. The number of ether oxygens (including phenoxy) is 1. The monoisotopic (exact) mass is 408 g/mol. The second-order valence-electron chi connectivity index (χ2n) is 5.08. The van der Waals surface area contributed by atoms with E-state index in [0.717, 1.165) is 41.1 Å². The summed E-state index contributed by atoms with van der Waals surface area (Å²) in [5.41, 5.74) is 2.79. The molecule has 0 saturated carbocycles. The highest BCUT2D eigenvalue weighted by Gasteiger charge is 2.10. The van der Waals surface area contributed by atoms with Gasteiger partial charge in [0.05, 0.1) is 18.9 Å². The smallest absolute Gasteiger partial charge is 0.124 e. The van der Waals surface area contributed by atoms with E-state index in [9.17, 15) is 5.11 Å². The van der Waals surface area contributed by atoms with Crippen molar-refractivity contribution in [3.05, 3.63) is 51.6 Å². The van der Waals surface area contributed by atoms with Crippen LogP contribution < -0.4 is 4.90 Å². The van der Waals surface area contributed by atoms with Gasteiger partial charge in [-0.05, 0) is 65.1 Å². The maximum atomic E-state index is 9.81. The van der Waals surface area contributed by atoms with Gasteiger partial charge < -0.3 is 14.7 Å². The number of hydrogen-bond donors (Lipinski definition) is 1. The van der Waals surface area contributed by atoms with E-state index in [0.29, 0.717) is 0 Å². The van der Waals surface area contributed by atoms with Gasteiger partial charge in [-0.2, -0.15) is 0 Å². The Morgan fingerprint density at radius 2 is 1.82 bits per heavy atom. The van der Waals surface area contributed by atoms with Crippen molar-refractivity contribution >= 4 is 40.2 Å². The number of aromatic hydroxyl groups is 1. The zero-order chi connectivity index (χ0) is 15.4. The van der Waals surface area contributed by atoms with Gasteiger partial charge >= 0.3 is 0 Å². The molecule has 1 saturated heterocycles. The van der Waals surface area contributed by atoms with Gasteiger partial charge in [-0.3, -0.25) is 4.99 Å². The Balaban J connectivity index is 1.72. The molecule has 2 aromatic rings. The molecular weight excluding hydrogens is 391 g/mol. The lowest BCUT2D eigenvalue weighted by atomic mass is 10.2. The van der Waals surface area contributed by atoms with Gasteiger partial charge in [0.1, 0.15) is 5.75 Å².